The molecule has 1 atom stereocenters. The van der Waals surface area contributed by atoms with Gasteiger partial charge in [0, 0.05) is 6.54 Å². The molecular weight excluding hydrogens is 160 g/mol. The summed E-state index contributed by atoms with van der Waals surface area (Å²) in [5.74, 6) is -0.426. The molecular formula is C7H12N2O3. The maximum Gasteiger partial charge on any atom is 0.310 e. The van der Waals surface area contributed by atoms with E-state index in [0.29, 0.717) is 13.1 Å². The van der Waals surface area contributed by atoms with Gasteiger partial charge in [-0.25, -0.2) is 0 Å². The number of carbonyl (C=O) groups is 1. The van der Waals surface area contributed by atoms with E-state index in [9.17, 15) is 9.70 Å². The summed E-state index contributed by atoms with van der Waals surface area (Å²) in [7, 11) is 1.36. The number of piperidine rings is 1. The highest BCUT2D eigenvalue weighted by molar-refractivity contribution is 5.72. The van der Waals surface area contributed by atoms with Crippen LogP contribution in [0, 0.1) is 10.8 Å². The number of rotatable bonds is 2. The van der Waals surface area contributed by atoms with E-state index >= 15 is 0 Å². The minimum Gasteiger partial charge on any atom is -0.469 e. The lowest BCUT2D eigenvalue weighted by atomic mass is 10.00. The highest BCUT2D eigenvalue weighted by Crippen LogP contribution is 2.17. The van der Waals surface area contributed by atoms with Crippen LogP contribution in [0.15, 0.2) is 5.29 Å². The highest BCUT2D eigenvalue weighted by Gasteiger charge is 2.26. The molecule has 5 nitrogen and oxygen atoms in total. The van der Waals surface area contributed by atoms with Crippen LogP contribution in [-0.4, -0.2) is 31.2 Å². The molecule has 0 aromatic heterocycles. The summed E-state index contributed by atoms with van der Waals surface area (Å²) >= 11 is 0. The number of hydrogen-bond donors (Lipinski definition) is 0. The maximum absolute atomic E-state index is 11.0. The lowest BCUT2D eigenvalue weighted by molar-refractivity contribution is -0.147. The predicted octanol–water partition coefficient (Wildman–Crippen LogP) is 0.553. The Hall–Kier alpha value is -1.13. The third kappa shape index (κ3) is 1.93. The number of methoxy groups -OCH3 is 1. The van der Waals surface area contributed by atoms with Crippen LogP contribution < -0.4 is 0 Å². The molecule has 0 spiro atoms. The van der Waals surface area contributed by atoms with E-state index < -0.39 is 0 Å². The zero-order chi connectivity index (χ0) is 8.97. The van der Waals surface area contributed by atoms with Crippen molar-refractivity contribution in [2.45, 2.75) is 12.8 Å². The van der Waals surface area contributed by atoms with Gasteiger partial charge < -0.3 is 4.74 Å². The number of esters is 1. The van der Waals surface area contributed by atoms with Crippen molar-refractivity contribution in [2.75, 3.05) is 20.2 Å². The third-order valence-corrected chi connectivity index (χ3v) is 2.05. The van der Waals surface area contributed by atoms with Crippen LogP contribution in [-0.2, 0) is 9.53 Å². The molecule has 68 valence electrons. The molecule has 0 bridgehead atoms. The van der Waals surface area contributed by atoms with Crippen LogP contribution in [0.2, 0.25) is 0 Å². The van der Waals surface area contributed by atoms with Crippen molar-refractivity contribution >= 4 is 5.97 Å². The van der Waals surface area contributed by atoms with Gasteiger partial charge >= 0.3 is 5.97 Å². The van der Waals surface area contributed by atoms with Gasteiger partial charge in [-0.05, 0) is 12.8 Å². The molecule has 1 fully saturated rings. The molecule has 0 aliphatic carbocycles. The topological polar surface area (TPSA) is 59.0 Å². The first kappa shape index (κ1) is 8.96. The fourth-order valence-electron chi connectivity index (χ4n) is 1.39. The monoisotopic (exact) mass is 172 g/mol. The quantitative estimate of drug-likeness (QED) is 0.451. The maximum atomic E-state index is 11.0. The standard InChI is InChI=1S/C7H12N2O3/c1-12-7(10)6-3-2-4-9(5-6)8-11/h6H,2-5H2,1H3. The average molecular weight is 172 g/mol. The number of nitroso groups, excluding NO2 is 1. The zero-order valence-electron chi connectivity index (χ0n) is 7.02. The van der Waals surface area contributed by atoms with Crippen LogP contribution in [0.25, 0.3) is 0 Å². The second-order valence-corrected chi connectivity index (χ2v) is 2.86. The van der Waals surface area contributed by atoms with Gasteiger partial charge in [0.25, 0.3) is 0 Å². The second-order valence-electron chi connectivity index (χ2n) is 2.86. The SMILES string of the molecule is COC(=O)C1CCCN(N=O)C1. The smallest absolute Gasteiger partial charge is 0.310 e. The number of hydrogen-bond acceptors (Lipinski definition) is 4. The number of carbonyl (C=O) groups excluding carboxylic acids is 1. The summed E-state index contributed by atoms with van der Waals surface area (Å²) in [6, 6.07) is 0. The van der Waals surface area contributed by atoms with Crippen molar-refractivity contribution in [1.82, 2.24) is 5.01 Å². The summed E-state index contributed by atoms with van der Waals surface area (Å²) in [6.07, 6.45) is 1.62. The van der Waals surface area contributed by atoms with Crippen molar-refractivity contribution < 1.29 is 9.53 Å². The minimum atomic E-state index is -0.247. The van der Waals surface area contributed by atoms with Crippen LogP contribution in [0.1, 0.15) is 12.8 Å². The number of nitrogens with zero attached hydrogens (tertiary/aromatic N) is 2. The molecule has 1 unspecified atom stereocenters. The molecule has 0 saturated carbocycles. The molecule has 1 aliphatic heterocycles. The first-order valence-corrected chi connectivity index (χ1v) is 3.94. The molecule has 1 aliphatic rings. The van der Waals surface area contributed by atoms with E-state index in [1.54, 1.807) is 0 Å². The fourth-order valence-corrected chi connectivity index (χ4v) is 1.39. The Bertz CT molecular complexity index is 183. The molecule has 0 aromatic carbocycles. The van der Waals surface area contributed by atoms with Gasteiger partial charge in [0.2, 0.25) is 0 Å². The predicted molar refractivity (Wildman–Crippen MR) is 42.1 cm³/mol. The number of ether oxygens (including phenoxy) is 1. The van der Waals surface area contributed by atoms with E-state index in [2.05, 4.69) is 10.0 Å². The molecule has 0 N–H and O–H groups in total. The van der Waals surface area contributed by atoms with Crippen molar-refractivity contribution in [2.24, 2.45) is 11.2 Å². The van der Waals surface area contributed by atoms with Gasteiger partial charge in [0.1, 0.15) is 0 Å². The van der Waals surface area contributed by atoms with Crippen LogP contribution >= 0.6 is 0 Å². The fraction of sp³-hybridized carbons (Fsp3) is 0.857. The van der Waals surface area contributed by atoms with E-state index in [4.69, 9.17) is 0 Å². The van der Waals surface area contributed by atoms with E-state index in [1.165, 1.54) is 12.1 Å². The first-order valence-electron chi connectivity index (χ1n) is 3.94. The Kier molecular flexibility index (Phi) is 3.01. The Morgan fingerprint density at radius 3 is 3.00 bits per heavy atom. The molecule has 12 heavy (non-hydrogen) atoms. The Labute approximate surface area is 70.6 Å². The minimum absolute atomic E-state index is 0.179. The third-order valence-electron chi connectivity index (χ3n) is 2.05. The first-order chi connectivity index (χ1) is 5.77. The summed E-state index contributed by atoms with van der Waals surface area (Å²) < 4.78 is 4.57. The second kappa shape index (κ2) is 4.04. The van der Waals surface area contributed by atoms with Gasteiger partial charge in [-0.15, -0.1) is 4.91 Å². The summed E-state index contributed by atoms with van der Waals surface area (Å²) in [5, 5.41) is 4.16. The average Bonchev–Trinajstić information content (AvgIpc) is 2.17. The largest absolute Gasteiger partial charge is 0.469 e. The zero-order valence-corrected chi connectivity index (χ0v) is 7.02. The van der Waals surface area contributed by atoms with Crippen LogP contribution in [0.3, 0.4) is 0 Å². The molecule has 0 aromatic rings. The Balaban J connectivity index is 2.45. The van der Waals surface area contributed by atoms with Crippen molar-refractivity contribution in [3.05, 3.63) is 4.91 Å². The van der Waals surface area contributed by atoms with Crippen LogP contribution in [0.4, 0.5) is 0 Å². The van der Waals surface area contributed by atoms with Gasteiger partial charge in [0.05, 0.1) is 24.9 Å². The van der Waals surface area contributed by atoms with E-state index in [0.717, 1.165) is 12.8 Å². The van der Waals surface area contributed by atoms with Gasteiger partial charge in [0.15, 0.2) is 0 Å². The molecule has 0 radical (unpaired) electrons. The van der Waals surface area contributed by atoms with Crippen molar-refractivity contribution in [3.63, 3.8) is 0 Å². The van der Waals surface area contributed by atoms with Gasteiger partial charge in [-0.3, -0.25) is 9.80 Å². The Morgan fingerprint density at radius 2 is 2.42 bits per heavy atom. The van der Waals surface area contributed by atoms with E-state index in [-0.39, 0.29) is 11.9 Å². The normalized spacial score (nSPS) is 23.4. The van der Waals surface area contributed by atoms with Crippen LogP contribution in [0.5, 0.6) is 0 Å². The van der Waals surface area contributed by atoms with Gasteiger partial charge in [-0.1, -0.05) is 0 Å². The molecule has 1 heterocycles. The summed E-state index contributed by atoms with van der Waals surface area (Å²) in [6.45, 7) is 1.05. The van der Waals surface area contributed by atoms with Crippen molar-refractivity contribution in [1.29, 1.82) is 0 Å². The lowest BCUT2D eigenvalue weighted by Crippen LogP contribution is -2.35. The molecule has 1 saturated heterocycles. The highest BCUT2D eigenvalue weighted by atomic mass is 16.5. The van der Waals surface area contributed by atoms with Crippen molar-refractivity contribution in [3.8, 4) is 0 Å². The van der Waals surface area contributed by atoms with E-state index in [1.807, 2.05) is 0 Å². The van der Waals surface area contributed by atoms with Gasteiger partial charge in [-0.2, -0.15) is 0 Å². The summed E-state index contributed by atoms with van der Waals surface area (Å²) in [4.78, 5) is 21.2. The lowest BCUT2D eigenvalue weighted by Gasteiger charge is -2.26. The molecule has 1 rings (SSSR count). The molecule has 5 heteroatoms. The molecule has 0 amide bonds. The Morgan fingerprint density at radius 1 is 1.67 bits per heavy atom. The summed E-state index contributed by atoms with van der Waals surface area (Å²) in [5.41, 5.74) is 0.